The minimum Gasteiger partial charge on any atom is -0.457 e. The molecule has 0 saturated heterocycles. The summed E-state index contributed by atoms with van der Waals surface area (Å²) < 4.78 is 44.6. The molecule has 2 heterocycles. The maximum absolute atomic E-state index is 13.0. The van der Waals surface area contributed by atoms with Crippen LogP contribution in [-0.2, 0) is 6.18 Å². The van der Waals surface area contributed by atoms with Crippen LogP contribution in [0.15, 0.2) is 54.7 Å². The Morgan fingerprint density at radius 1 is 0.943 bits per heavy atom. The van der Waals surface area contributed by atoms with Gasteiger partial charge < -0.3 is 10.1 Å². The Morgan fingerprint density at radius 3 is 2.46 bits per heavy atom. The summed E-state index contributed by atoms with van der Waals surface area (Å²) in [7, 11) is 1.48. The summed E-state index contributed by atoms with van der Waals surface area (Å²) in [6.45, 7) is 0. The molecule has 0 radical (unpaired) electrons. The fraction of sp³-hybridized carbons (Fsp3) is 0.0909. The van der Waals surface area contributed by atoms with Crippen molar-refractivity contribution in [2.75, 3.05) is 12.4 Å². The normalized spacial score (nSPS) is 11.2. The number of benzene rings is 2. The number of aromatic nitrogens is 4. The second-order valence-corrected chi connectivity index (χ2v) is 7.40. The molecule has 0 aliphatic carbocycles. The summed E-state index contributed by atoms with van der Waals surface area (Å²) in [5.41, 5.74) is -0.582. The molecular formula is C22H14ClF3N6O3. The third-order valence-corrected chi connectivity index (χ3v) is 4.95. The quantitative estimate of drug-likeness (QED) is 0.412. The first kappa shape index (κ1) is 23.8. The summed E-state index contributed by atoms with van der Waals surface area (Å²) in [6, 6.07) is 10.1. The predicted molar refractivity (Wildman–Crippen MR) is 119 cm³/mol. The molecule has 0 aliphatic heterocycles. The fourth-order valence-electron chi connectivity index (χ4n) is 2.94. The first-order valence-electron chi connectivity index (χ1n) is 9.82. The number of carbonyl (C=O) groups is 2. The Bertz CT molecular complexity index is 1450. The van der Waals surface area contributed by atoms with Gasteiger partial charge in [-0.2, -0.15) is 13.2 Å². The zero-order valence-corrected chi connectivity index (χ0v) is 18.5. The molecule has 4 aromatic rings. The number of ether oxygens (including phenoxy) is 1. The van der Waals surface area contributed by atoms with E-state index in [2.05, 4.69) is 30.8 Å². The molecule has 0 spiro atoms. The molecule has 13 heteroatoms. The lowest BCUT2D eigenvalue weighted by atomic mass is 10.1. The molecule has 9 nitrogen and oxygen atoms in total. The maximum atomic E-state index is 13.0. The van der Waals surface area contributed by atoms with Gasteiger partial charge in [-0.05, 0) is 36.4 Å². The van der Waals surface area contributed by atoms with E-state index in [4.69, 9.17) is 16.3 Å². The monoisotopic (exact) mass is 502 g/mol. The molecule has 178 valence electrons. The van der Waals surface area contributed by atoms with E-state index in [0.29, 0.717) is 28.6 Å². The largest absolute Gasteiger partial charge is 0.457 e. The first-order chi connectivity index (χ1) is 16.6. The Hall–Kier alpha value is -4.32. The number of nitrogens with one attached hydrogen (secondary N) is 2. The third-order valence-electron chi connectivity index (χ3n) is 4.62. The molecule has 0 bridgehead atoms. The molecule has 2 aromatic carbocycles. The van der Waals surface area contributed by atoms with Crippen LogP contribution in [0.5, 0.6) is 11.5 Å². The van der Waals surface area contributed by atoms with E-state index in [9.17, 15) is 22.8 Å². The zero-order chi connectivity index (χ0) is 25.2. The van der Waals surface area contributed by atoms with Crippen molar-refractivity contribution in [2.24, 2.45) is 0 Å². The van der Waals surface area contributed by atoms with Crippen LogP contribution in [0, 0.1) is 0 Å². The number of carbonyl (C=O) groups excluding carboxylic acids is 2. The van der Waals surface area contributed by atoms with E-state index >= 15 is 0 Å². The van der Waals surface area contributed by atoms with Crippen molar-refractivity contribution in [1.29, 1.82) is 0 Å². The van der Waals surface area contributed by atoms with Gasteiger partial charge in [-0.3, -0.25) is 19.9 Å². The molecule has 4 rings (SSSR count). The van der Waals surface area contributed by atoms with E-state index in [1.807, 2.05) is 0 Å². The molecular weight excluding hydrogens is 489 g/mol. The SMILES string of the molecule is CNC(=O)c1cc(Oc2ccc3nc(NC(=O)c4cc(C(F)(F)F)ccc4Cl)nnc3c2)ccn1. The van der Waals surface area contributed by atoms with Crippen molar-refractivity contribution in [3.63, 3.8) is 0 Å². The maximum Gasteiger partial charge on any atom is 0.416 e. The average Bonchev–Trinajstić information content (AvgIpc) is 2.83. The highest BCUT2D eigenvalue weighted by Gasteiger charge is 2.31. The van der Waals surface area contributed by atoms with Gasteiger partial charge in [0.25, 0.3) is 11.8 Å². The van der Waals surface area contributed by atoms with E-state index in [1.54, 1.807) is 18.2 Å². The van der Waals surface area contributed by atoms with Crippen LogP contribution in [0.4, 0.5) is 19.1 Å². The molecule has 0 atom stereocenters. The molecule has 2 amide bonds. The fourth-order valence-corrected chi connectivity index (χ4v) is 3.14. The number of nitrogens with zero attached hydrogens (tertiary/aromatic N) is 4. The van der Waals surface area contributed by atoms with Gasteiger partial charge >= 0.3 is 6.18 Å². The summed E-state index contributed by atoms with van der Waals surface area (Å²) in [5.74, 6) is -0.790. The second kappa shape index (κ2) is 9.50. The van der Waals surface area contributed by atoms with Crippen LogP contribution in [0.2, 0.25) is 5.02 Å². The molecule has 2 aromatic heterocycles. The van der Waals surface area contributed by atoms with Crippen molar-refractivity contribution >= 4 is 40.4 Å². The van der Waals surface area contributed by atoms with Crippen LogP contribution in [0.3, 0.4) is 0 Å². The van der Waals surface area contributed by atoms with Crippen molar-refractivity contribution in [1.82, 2.24) is 25.5 Å². The standard InChI is InChI=1S/C22H14ClF3N6O3/c1-27-20(34)18-10-13(6-7-28-18)35-12-3-5-16-17(9-12)31-32-21(29-16)30-19(33)14-8-11(22(24,25)26)2-4-15(14)23/h2-10H,1H3,(H,27,34)(H,29,30,32,33). The second-order valence-electron chi connectivity index (χ2n) is 6.99. The lowest BCUT2D eigenvalue weighted by Gasteiger charge is -2.10. The van der Waals surface area contributed by atoms with Crippen LogP contribution in [-0.4, -0.2) is 39.0 Å². The highest BCUT2D eigenvalue weighted by Crippen LogP contribution is 2.32. The Kier molecular flexibility index (Phi) is 6.47. The lowest BCUT2D eigenvalue weighted by molar-refractivity contribution is -0.137. The third kappa shape index (κ3) is 5.44. The molecule has 0 aliphatic rings. The average molecular weight is 503 g/mol. The van der Waals surface area contributed by atoms with Gasteiger partial charge in [0.05, 0.1) is 21.7 Å². The van der Waals surface area contributed by atoms with Gasteiger partial charge in [-0.15, -0.1) is 10.2 Å². The minimum atomic E-state index is -4.64. The van der Waals surface area contributed by atoms with Gasteiger partial charge in [0.15, 0.2) is 0 Å². The Labute approximate surface area is 200 Å². The van der Waals surface area contributed by atoms with E-state index < -0.39 is 17.6 Å². The Morgan fingerprint density at radius 2 is 1.71 bits per heavy atom. The van der Waals surface area contributed by atoms with Crippen LogP contribution in [0.1, 0.15) is 26.4 Å². The van der Waals surface area contributed by atoms with Gasteiger partial charge in [0.2, 0.25) is 5.95 Å². The highest BCUT2D eigenvalue weighted by molar-refractivity contribution is 6.34. The number of anilines is 1. The summed E-state index contributed by atoms with van der Waals surface area (Å²) in [4.78, 5) is 32.3. The smallest absolute Gasteiger partial charge is 0.416 e. The Balaban J connectivity index is 1.53. The number of halogens is 4. The van der Waals surface area contributed by atoms with Gasteiger partial charge in [0, 0.05) is 25.4 Å². The molecule has 0 fully saturated rings. The number of fused-ring (bicyclic) bond motifs is 1. The summed E-state index contributed by atoms with van der Waals surface area (Å²) in [5, 5.41) is 12.4. The number of alkyl halides is 3. The molecule has 2 N–H and O–H groups in total. The van der Waals surface area contributed by atoms with Crippen LogP contribution < -0.4 is 15.4 Å². The van der Waals surface area contributed by atoms with E-state index in [1.165, 1.54) is 25.4 Å². The number of amides is 2. The predicted octanol–water partition coefficient (Wildman–Crippen LogP) is 4.50. The first-order valence-corrected chi connectivity index (χ1v) is 10.2. The van der Waals surface area contributed by atoms with Crippen molar-refractivity contribution in [2.45, 2.75) is 6.18 Å². The van der Waals surface area contributed by atoms with Crippen LogP contribution in [0.25, 0.3) is 11.0 Å². The molecule has 0 saturated carbocycles. The van der Waals surface area contributed by atoms with Crippen LogP contribution >= 0.6 is 11.6 Å². The van der Waals surface area contributed by atoms with Gasteiger partial charge in [-0.25, -0.2) is 4.98 Å². The van der Waals surface area contributed by atoms with E-state index in [0.717, 1.165) is 12.1 Å². The van der Waals surface area contributed by atoms with Crippen molar-refractivity contribution < 1.29 is 27.5 Å². The van der Waals surface area contributed by atoms with Crippen molar-refractivity contribution in [3.8, 4) is 11.5 Å². The summed E-state index contributed by atoms with van der Waals surface area (Å²) >= 11 is 5.90. The lowest BCUT2D eigenvalue weighted by Crippen LogP contribution is -2.18. The van der Waals surface area contributed by atoms with Crippen molar-refractivity contribution in [3.05, 3.63) is 76.6 Å². The number of pyridine rings is 1. The topological polar surface area (TPSA) is 119 Å². The number of rotatable bonds is 5. The van der Waals surface area contributed by atoms with Gasteiger partial charge in [0.1, 0.15) is 22.7 Å². The number of hydrogen-bond acceptors (Lipinski definition) is 7. The minimum absolute atomic E-state index is 0.165. The summed E-state index contributed by atoms with van der Waals surface area (Å²) in [6.07, 6.45) is -3.21. The molecule has 0 unspecified atom stereocenters. The number of hydrogen-bond donors (Lipinski definition) is 2. The molecule has 35 heavy (non-hydrogen) atoms. The van der Waals surface area contributed by atoms with Gasteiger partial charge in [-0.1, -0.05) is 11.6 Å². The zero-order valence-electron chi connectivity index (χ0n) is 17.7. The highest BCUT2D eigenvalue weighted by atomic mass is 35.5. The van der Waals surface area contributed by atoms with E-state index in [-0.39, 0.29) is 28.1 Å².